The molecule has 0 unspecified atom stereocenters. The van der Waals surface area contributed by atoms with Crippen LogP contribution in [0.4, 0.5) is 0 Å². The Morgan fingerprint density at radius 2 is 2.20 bits per heavy atom. The van der Waals surface area contributed by atoms with Crippen LogP contribution in [-0.4, -0.2) is 18.8 Å². The topological polar surface area (TPSA) is 67.5 Å². The van der Waals surface area contributed by atoms with Gasteiger partial charge >= 0.3 is 0 Å². The van der Waals surface area contributed by atoms with Crippen molar-refractivity contribution in [1.82, 2.24) is 5.32 Å². The van der Waals surface area contributed by atoms with Crippen molar-refractivity contribution >= 4 is 17.8 Å². The predicted molar refractivity (Wildman–Crippen MR) is 59.4 cm³/mol. The summed E-state index contributed by atoms with van der Waals surface area (Å²) in [6, 6.07) is 7.24. The Bertz CT molecular complexity index is 449. The van der Waals surface area contributed by atoms with E-state index in [1.165, 1.54) is 0 Å². The smallest absolute Gasteiger partial charge is 0.249 e. The van der Waals surface area contributed by atoms with Gasteiger partial charge in [0.05, 0.1) is 0 Å². The lowest BCUT2D eigenvalue weighted by molar-refractivity contribution is 0.1000. The number of primary amides is 1. The number of hydrogen-bond acceptors (Lipinski definition) is 3. The maximum atomic E-state index is 11.2. The summed E-state index contributed by atoms with van der Waals surface area (Å²) in [4.78, 5) is 15.2. The zero-order valence-electron chi connectivity index (χ0n) is 8.10. The van der Waals surface area contributed by atoms with E-state index in [9.17, 15) is 4.79 Å². The molecule has 76 valence electrons. The molecule has 1 aromatic rings. The van der Waals surface area contributed by atoms with Crippen LogP contribution in [0.15, 0.2) is 35.3 Å². The van der Waals surface area contributed by atoms with Crippen LogP contribution in [0.5, 0.6) is 0 Å². The molecule has 0 atom stereocenters. The Morgan fingerprint density at radius 1 is 1.40 bits per heavy atom. The van der Waals surface area contributed by atoms with Gasteiger partial charge in [-0.2, -0.15) is 0 Å². The summed E-state index contributed by atoms with van der Waals surface area (Å²) in [6.45, 7) is 0.527. The van der Waals surface area contributed by atoms with Crippen molar-refractivity contribution in [2.75, 3.05) is 6.67 Å². The maximum Gasteiger partial charge on any atom is 0.249 e. The molecule has 0 fully saturated rings. The van der Waals surface area contributed by atoms with E-state index < -0.39 is 5.91 Å². The third kappa shape index (κ3) is 1.88. The van der Waals surface area contributed by atoms with Crippen LogP contribution in [0.1, 0.15) is 15.9 Å². The quantitative estimate of drug-likeness (QED) is 0.741. The molecule has 1 amide bonds. The van der Waals surface area contributed by atoms with E-state index in [0.717, 1.165) is 11.3 Å². The molecule has 0 radical (unpaired) electrons. The van der Waals surface area contributed by atoms with E-state index in [1.54, 1.807) is 18.3 Å². The highest BCUT2D eigenvalue weighted by Gasteiger charge is 2.11. The van der Waals surface area contributed by atoms with Gasteiger partial charge in [-0.1, -0.05) is 18.2 Å². The second-order valence-corrected chi connectivity index (χ2v) is 3.16. The molecule has 1 heterocycles. The fraction of sp³-hybridized carbons (Fsp3) is 0.0909. The zero-order valence-corrected chi connectivity index (χ0v) is 8.10. The van der Waals surface area contributed by atoms with Crippen LogP contribution in [0.2, 0.25) is 0 Å². The number of nitrogens with two attached hydrogens (primary N) is 1. The molecule has 4 heteroatoms. The summed E-state index contributed by atoms with van der Waals surface area (Å²) < 4.78 is 0. The average molecular weight is 201 g/mol. The van der Waals surface area contributed by atoms with Crippen LogP contribution < -0.4 is 11.1 Å². The lowest BCUT2D eigenvalue weighted by Gasteiger charge is -2.14. The highest BCUT2D eigenvalue weighted by Crippen LogP contribution is 2.17. The summed E-state index contributed by atoms with van der Waals surface area (Å²) in [6.07, 6.45) is 3.54. The third-order valence-corrected chi connectivity index (χ3v) is 2.19. The SMILES string of the molecule is NC(=O)c1ccccc1C1=CC=NCN1. The number of nitrogens with zero attached hydrogens (tertiary/aromatic N) is 1. The van der Waals surface area contributed by atoms with Gasteiger partial charge in [0.2, 0.25) is 5.91 Å². The first kappa shape index (κ1) is 9.45. The summed E-state index contributed by atoms with van der Waals surface area (Å²) in [7, 11) is 0. The number of benzene rings is 1. The number of carbonyl (C=O) groups is 1. The van der Waals surface area contributed by atoms with Gasteiger partial charge in [0, 0.05) is 23.0 Å². The van der Waals surface area contributed by atoms with Gasteiger partial charge in [0.25, 0.3) is 0 Å². The van der Waals surface area contributed by atoms with Gasteiger partial charge in [-0.15, -0.1) is 0 Å². The number of amides is 1. The Balaban J connectivity index is 2.47. The maximum absolute atomic E-state index is 11.2. The fourth-order valence-electron chi connectivity index (χ4n) is 1.49. The second kappa shape index (κ2) is 3.96. The average Bonchev–Trinajstić information content (AvgIpc) is 2.30. The molecule has 1 aromatic carbocycles. The van der Waals surface area contributed by atoms with E-state index in [0.29, 0.717) is 12.2 Å². The molecule has 1 aliphatic heterocycles. The summed E-state index contributed by atoms with van der Waals surface area (Å²) in [5.41, 5.74) is 7.50. The van der Waals surface area contributed by atoms with Gasteiger partial charge in [-0.25, -0.2) is 0 Å². The molecule has 2 rings (SSSR count). The van der Waals surface area contributed by atoms with Gasteiger partial charge in [-0.05, 0) is 12.1 Å². The standard InChI is InChI=1S/C11H11N3O/c12-11(15)9-4-2-1-3-8(9)10-5-6-13-7-14-10/h1-6,14H,7H2,(H2,12,15). The van der Waals surface area contributed by atoms with Crippen LogP contribution in [0, 0.1) is 0 Å². The highest BCUT2D eigenvalue weighted by atomic mass is 16.1. The molecule has 0 aromatic heterocycles. The van der Waals surface area contributed by atoms with Crippen molar-refractivity contribution in [2.45, 2.75) is 0 Å². The molecule has 0 spiro atoms. The number of rotatable bonds is 2. The molecular weight excluding hydrogens is 190 g/mol. The van der Waals surface area contributed by atoms with E-state index in [4.69, 9.17) is 5.73 Å². The predicted octanol–water partition coefficient (Wildman–Crippen LogP) is 0.758. The van der Waals surface area contributed by atoms with Crippen LogP contribution in [-0.2, 0) is 0 Å². The molecule has 0 saturated heterocycles. The number of nitrogens with one attached hydrogen (secondary N) is 1. The third-order valence-electron chi connectivity index (χ3n) is 2.19. The van der Waals surface area contributed by atoms with E-state index in [2.05, 4.69) is 10.3 Å². The van der Waals surface area contributed by atoms with E-state index in [-0.39, 0.29) is 0 Å². The Hall–Kier alpha value is -2.10. The number of hydrogen-bond donors (Lipinski definition) is 2. The Labute approximate surface area is 87.5 Å². The van der Waals surface area contributed by atoms with Crippen molar-refractivity contribution in [1.29, 1.82) is 0 Å². The van der Waals surface area contributed by atoms with Gasteiger partial charge in [0.1, 0.15) is 6.67 Å². The van der Waals surface area contributed by atoms with Gasteiger partial charge < -0.3 is 11.1 Å². The van der Waals surface area contributed by atoms with E-state index >= 15 is 0 Å². The summed E-state index contributed by atoms with van der Waals surface area (Å²) in [5, 5.41) is 3.09. The Kier molecular flexibility index (Phi) is 2.49. The van der Waals surface area contributed by atoms with Gasteiger partial charge in [0.15, 0.2) is 0 Å². The molecule has 3 N–H and O–H groups in total. The molecule has 1 aliphatic rings. The monoisotopic (exact) mass is 201 g/mol. The number of carbonyl (C=O) groups excluding carboxylic acids is 1. The molecular formula is C11H11N3O. The number of allylic oxidation sites excluding steroid dienone is 1. The second-order valence-electron chi connectivity index (χ2n) is 3.16. The first-order valence-electron chi connectivity index (χ1n) is 4.62. The molecule has 4 nitrogen and oxygen atoms in total. The van der Waals surface area contributed by atoms with Crippen molar-refractivity contribution in [2.24, 2.45) is 10.7 Å². The van der Waals surface area contributed by atoms with Crippen molar-refractivity contribution in [3.05, 3.63) is 41.5 Å². The van der Waals surface area contributed by atoms with Crippen molar-refractivity contribution in [3.8, 4) is 0 Å². The van der Waals surface area contributed by atoms with Crippen molar-refractivity contribution in [3.63, 3.8) is 0 Å². The lowest BCUT2D eigenvalue weighted by Crippen LogP contribution is -2.20. The highest BCUT2D eigenvalue weighted by molar-refractivity contribution is 5.99. The van der Waals surface area contributed by atoms with Gasteiger partial charge in [-0.3, -0.25) is 9.79 Å². The lowest BCUT2D eigenvalue weighted by atomic mass is 10.0. The summed E-state index contributed by atoms with van der Waals surface area (Å²) >= 11 is 0. The van der Waals surface area contributed by atoms with Crippen LogP contribution >= 0.6 is 0 Å². The van der Waals surface area contributed by atoms with Crippen molar-refractivity contribution < 1.29 is 4.79 Å². The first-order chi connectivity index (χ1) is 7.29. The van der Waals surface area contributed by atoms with Crippen LogP contribution in [0.25, 0.3) is 5.70 Å². The minimum Gasteiger partial charge on any atom is -0.366 e. The zero-order chi connectivity index (χ0) is 10.7. The Morgan fingerprint density at radius 3 is 2.87 bits per heavy atom. The minimum atomic E-state index is -0.421. The molecule has 15 heavy (non-hydrogen) atoms. The number of aliphatic imine (C=N–C) groups is 1. The summed E-state index contributed by atoms with van der Waals surface area (Å²) in [5.74, 6) is -0.421. The molecule has 0 saturated carbocycles. The van der Waals surface area contributed by atoms with E-state index in [1.807, 2.05) is 18.2 Å². The van der Waals surface area contributed by atoms with Crippen LogP contribution in [0.3, 0.4) is 0 Å². The first-order valence-corrected chi connectivity index (χ1v) is 4.62. The minimum absolute atomic E-state index is 0.421. The normalized spacial score (nSPS) is 14.3. The molecule has 0 aliphatic carbocycles. The fourth-order valence-corrected chi connectivity index (χ4v) is 1.49. The molecule has 0 bridgehead atoms. The largest absolute Gasteiger partial charge is 0.366 e.